The third-order valence-corrected chi connectivity index (χ3v) is 3.86. The molecule has 0 fully saturated rings. The summed E-state index contributed by atoms with van der Waals surface area (Å²) in [5.74, 6) is -0.645. The van der Waals surface area contributed by atoms with Crippen LogP contribution in [0.2, 0.25) is 0 Å². The Morgan fingerprint density at radius 3 is 2.57 bits per heavy atom. The number of hydrogen-bond acceptors (Lipinski definition) is 4. The molecule has 5 nitrogen and oxygen atoms in total. The molecular weight excluding hydrogens is 294 g/mol. The summed E-state index contributed by atoms with van der Waals surface area (Å²) in [5.41, 5.74) is 3.29. The Hall–Kier alpha value is -2.74. The third kappa shape index (κ3) is 3.72. The van der Waals surface area contributed by atoms with Crippen molar-refractivity contribution in [1.82, 2.24) is 0 Å². The van der Waals surface area contributed by atoms with Crippen LogP contribution >= 0.6 is 0 Å². The van der Waals surface area contributed by atoms with Gasteiger partial charge in [-0.2, -0.15) is 5.26 Å². The van der Waals surface area contributed by atoms with E-state index in [4.69, 9.17) is 14.3 Å². The van der Waals surface area contributed by atoms with Crippen LogP contribution in [0.4, 0.5) is 0 Å². The summed E-state index contributed by atoms with van der Waals surface area (Å²) >= 11 is 0. The van der Waals surface area contributed by atoms with Gasteiger partial charge >= 0.3 is 5.97 Å². The summed E-state index contributed by atoms with van der Waals surface area (Å²) in [4.78, 5) is 10.8. The van der Waals surface area contributed by atoms with Gasteiger partial charge in [0, 0.05) is 6.42 Å². The fourth-order valence-electron chi connectivity index (χ4n) is 2.35. The van der Waals surface area contributed by atoms with Gasteiger partial charge in [0.05, 0.1) is 12.7 Å². The smallest absolute Gasteiger partial charge is 0.371 e. The average Bonchev–Trinajstić information content (AvgIpc) is 3.00. The summed E-state index contributed by atoms with van der Waals surface area (Å²) in [5, 5.41) is 18.1. The van der Waals surface area contributed by atoms with E-state index in [1.807, 2.05) is 32.9 Å². The van der Waals surface area contributed by atoms with Gasteiger partial charge in [0.1, 0.15) is 17.4 Å². The summed E-state index contributed by atoms with van der Waals surface area (Å²) in [6, 6.07) is 9.07. The van der Waals surface area contributed by atoms with Gasteiger partial charge in [-0.25, -0.2) is 4.79 Å². The molecule has 0 bridgehead atoms. The van der Waals surface area contributed by atoms with Crippen LogP contribution in [0.15, 0.2) is 28.7 Å². The lowest BCUT2D eigenvalue weighted by Crippen LogP contribution is -2.06. The lowest BCUT2D eigenvalue weighted by atomic mass is 10.0. The second kappa shape index (κ2) is 7.01. The molecule has 23 heavy (non-hydrogen) atoms. The molecule has 0 amide bonds. The maximum atomic E-state index is 10.8. The van der Waals surface area contributed by atoms with Crippen molar-refractivity contribution in [3.63, 3.8) is 0 Å². The molecule has 0 aliphatic carbocycles. The molecule has 0 saturated heterocycles. The Labute approximate surface area is 135 Å². The first kappa shape index (κ1) is 16.6. The maximum Gasteiger partial charge on any atom is 0.371 e. The standard InChI is InChI=1S/C18H19NO4/c1-11-4-5-12(2)17(13(11)3)22-9-8-14(10-19)15-6-7-16(23-15)18(20)21/h4-7,14H,8-9H2,1-3H3,(H,20,21). The first-order chi connectivity index (χ1) is 10.9. The van der Waals surface area contributed by atoms with E-state index < -0.39 is 11.9 Å². The summed E-state index contributed by atoms with van der Waals surface area (Å²) in [7, 11) is 0. The van der Waals surface area contributed by atoms with Crippen LogP contribution in [0, 0.1) is 32.1 Å². The van der Waals surface area contributed by atoms with Crippen molar-refractivity contribution in [1.29, 1.82) is 5.26 Å². The van der Waals surface area contributed by atoms with Crippen molar-refractivity contribution in [3.8, 4) is 11.8 Å². The molecule has 1 atom stereocenters. The van der Waals surface area contributed by atoms with Gasteiger partial charge in [-0.3, -0.25) is 0 Å². The summed E-state index contributed by atoms with van der Waals surface area (Å²) in [6.45, 7) is 6.36. The number of carbonyl (C=O) groups is 1. The number of ether oxygens (including phenoxy) is 1. The predicted octanol–water partition coefficient (Wildman–Crippen LogP) is 3.98. The van der Waals surface area contributed by atoms with Crippen LogP contribution in [0.25, 0.3) is 0 Å². The Morgan fingerprint density at radius 2 is 1.96 bits per heavy atom. The van der Waals surface area contributed by atoms with Crippen LogP contribution in [-0.2, 0) is 0 Å². The molecule has 1 aromatic carbocycles. The first-order valence-electron chi connectivity index (χ1n) is 7.36. The number of carboxylic acids is 1. The normalized spacial score (nSPS) is 11.7. The first-order valence-corrected chi connectivity index (χ1v) is 7.36. The molecular formula is C18H19NO4. The number of aryl methyl sites for hydroxylation is 2. The minimum absolute atomic E-state index is 0.161. The molecule has 2 rings (SSSR count). The van der Waals surface area contributed by atoms with Gasteiger partial charge in [-0.15, -0.1) is 0 Å². The number of benzene rings is 1. The van der Waals surface area contributed by atoms with Crippen LogP contribution in [-0.4, -0.2) is 17.7 Å². The molecule has 0 saturated carbocycles. The van der Waals surface area contributed by atoms with E-state index in [0.717, 1.165) is 22.4 Å². The van der Waals surface area contributed by atoms with Crippen molar-refractivity contribution in [3.05, 3.63) is 52.5 Å². The highest BCUT2D eigenvalue weighted by molar-refractivity contribution is 5.84. The van der Waals surface area contributed by atoms with Crippen LogP contribution in [0.3, 0.4) is 0 Å². The van der Waals surface area contributed by atoms with Crippen molar-refractivity contribution in [2.24, 2.45) is 0 Å². The fourth-order valence-corrected chi connectivity index (χ4v) is 2.35. The highest BCUT2D eigenvalue weighted by Crippen LogP contribution is 2.27. The van der Waals surface area contributed by atoms with Crippen molar-refractivity contribution < 1.29 is 19.1 Å². The zero-order valence-corrected chi connectivity index (χ0v) is 13.4. The van der Waals surface area contributed by atoms with Gasteiger partial charge < -0.3 is 14.3 Å². The van der Waals surface area contributed by atoms with Gasteiger partial charge in [0.2, 0.25) is 5.76 Å². The number of nitrogens with zero attached hydrogens (tertiary/aromatic N) is 1. The Balaban J connectivity index is 2.03. The van der Waals surface area contributed by atoms with Crippen molar-refractivity contribution in [2.45, 2.75) is 33.1 Å². The van der Waals surface area contributed by atoms with E-state index in [1.165, 1.54) is 12.1 Å². The highest BCUT2D eigenvalue weighted by Gasteiger charge is 2.18. The van der Waals surface area contributed by atoms with E-state index in [2.05, 4.69) is 6.07 Å². The van der Waals surface area contributed by atoms with Crippen LogP contribution in [0.1, 0.15) is 45.3 Å². The molecule has 0 radical (unpaired) electrons. The van der Waals surface area contributed by atoms with Gasteiger partial charge in [0.25, 0.3) is 0 Å². The molecule has 1 heterocycles. The lowest BCUT2D eigenvalue weighted by molar-refractivity contribution is 0.0660. The van der Waals surface area contributed by atoms with Crippen molar-refractivity contribution in [2.75, 3.05) is 6.61 Å². The second-order valence-corrected chi connectivity index (χ2v) is 5.48. The highest BCUT2D eigenvalue weighted by atomic mass is 16.5. The van der Waals surface area contributed by atoms with Crippen LogP contribution in [0.5, 0.6) is 5.75 Å². The average molecular weight is 313 g/mol. The number of aromatic carboxylic acids is 1. The molecule has 2 aromatic rings. The SMILES string of the molecule is Cc1ccc(C)c(OCCC(C#N)c2ccc(C(=O)O)o2)c1C. The quantitative estimate of drug-likeness (QED) is 0.872. The monoisotopic (exact) mass is 313 g/mol. The molecule has 120 valence electrons. The number of nitriles is 1. The maximum absolute atomic E-state index is 10.8. The molecule has 0 aliphatic heterocycles. The molecule has 1 N–H and O–H groups in total. The zero-order valence-electron chi connectivity index (χ0n) is 13.4. The van der Waals surface area contributed by atoms with Gasteiger partial charge in [-0.05, 0) is 49.6 Å². The largest absolute Gasteiger partial charge is 0.493 e. The topological polar surface area (TPSA) is 83.5 Å². The van der Waals surface area contributed by atoms with Gasteiger partial charge in [-0.1, -0.05) is 12.1 Å². The van der Waals surface area contributed by atoms with E-state index >= 15 is 0 Å². The minimum Gasteiger partial charge on any atom is -0.493 e. The zero-order chi connectivity index (χ0) is 17.0. The molecule has 1 aromatic heterocycles. The molecule has 0 spiro atoms. The van der Waals surface area contributed by atoms with E-state index in [1.54, 1.807) is 0 Å². The predicted molar refractivity (Wildman–Crippen MR) is 84.8 cm³/mol. The minimum atomic E-state index is -1.14. The number of hydrogen-bond donors (Lipinski definition) is 1. The van der Waals surface area contributed by atoms with E-state index in [0.29, 0.717) is 18.8 Å². The lowest BCUT2D eigenvalue weighted by Gasteiger charge is -2.14. The van der Waals surface area contributed by atoms with E-state index in [-0.39, 0.29) is 5.76 Å². The Kier molecular flexibility index (Phi) is 5.07. The molecule has 5 heteroatoms. The third-order valence-electron chi connectivity index (χ3n) is 3.86. The number of rotatable bonds is 6. The summed E-state index contributed by atoms with van der Waals surface area (Å²) < 4.78 is 11.0. The van der Waals surface area contributed by atoms with E-state index in [9.17, 15) is 10.1 Å². The van der Waals surface area contributed by atoms with Crippen molar-refractivity contribution >= 4 is 5.97 Å². The van der Waals surface area contributed by atoms with Crippen LogP contribution < -0.4 is 4.74 Å². The molecule has 0 aliphatic rings. The van der Waals surface area contributed by atoms with Gasteiger partial charge in [0.15, 0.2) is 0 Å². The Bertz CT molecular complexity index is 755. The Morgan fingerprint density at radius 1 is 1.26 bits per heavy atom. The number of carboxylic acid groups (broad SMARTS) is 1. The second-order valence-electron chi connectivity index (χ2n) is 5.48. The summed E-state index contributed by atoms with van der Waals surface area (Å²) in [6.07, 6.45) is 0.426. The number of furan rings is 1. The molecule has 1 unspecified atom stereocenters. The fraction of sp³-hybridized carbons (Fsp3) is 0.333.